The third-order valence-corrected chi connectivity index (χ3v) is 5.13. The number of hydrogen-bond acceptors (Lipinski definition) is 5. The third kappa shape index (κ3) is 3.32. The quantitative estimate of drug-likeness (QED) is 0.406. The van der Waals surface area contributed by atoms with Gasteiger partial charge in [0.15, 0.2) is 0 Å². The van der Waals surface area contributed by atoms with E-state index in [0.29, 0.717) is 17.1 Å². The monoisotopic (exact) mass is 391 g/mol. The maximum Gasteiger partial charge on any atom is 0.295 e. The second-order valence-corrected chi connectivity index (χ2v) is 7.00. The van der Waals surface area contributed by atoms with E-state index < -0.39 is 17.7 Å². The minimum Gasteiger partial charge on any atom is -0.507 e. The van der Waals surface area contributed by atoms with Crippen LogP contribution in [-0.2, 0) is 14.3 Å². The molecule has 1 N–H and O–H groups in total. The van der Waals surface area contributed by atoms with Gasteiger partial charge >= 0.3 is 0 Å². The maximum absolute atomic E-state index is 12.9. The maximum atomic E-state index is 12.9. The lowest BCUT2D eigenvalue weighted by Crippen LogP contribution is -2.32. The zero-order valence-electron chi connectivity index (χ0n) is 16.2. The van der Waals surface area contributed by atoms with Gasteiger partial charge in [-0.15, -0.1) is 0 Å². The summed E-state index contributed by atoms with van der Waals surface area (Å²) in [5.41, 5.74) is 0.498. The summed E-state index contributed by atoms with van der Waals surface area (Å²) in [6.07, 6.45) is 0. The third-order valence-electron chi connectivity index (χ3n) is 5.13. The van der Waals surface area contributed by atoms with Crippen molar-refractivity contribution in [3.8, 4) is 0 Å². The molecule has 0 spiro atoms. The smallest absolute Gasteiger partial charge is 0.295 e. The van der Waals surface area contributed by atoms with Gasteiger partial charge in [-0.2, -0.15) is 0 Å². The van der Waals surface area contributed by atoms with Crippen LogP contribution in [0.15, 0.2) is 64.6 Å². The van der Waals surface area contributed by atoms with Crippen LogP contribution in [0.3, 0.4) is 0 Å². The Hall–Kier alpha value is -3.38. The van der Waals surface area contributed by atoms with Crippen molar-refractivity contribution in [2.45, 2.75) is 13.0 Å². The van der Waals surface area contributed by atoms with E-state index >= 15 is 0 Å². The van der Waals surface area contributed by atoms with Crippen molar-refractivity contribution in [1.82, 2.24) is 4.90 Å². The molecule has 0 saturated carbocycles. The Morgan fingerprint density at radius 2 is 1.86 bits per heavy atom. The van der Waals surface area contributed by atoms with E-state index in [2.05, 4.69) is 0 Å². The first-order chi connectivity index (χ1) is 14.0. The topological polar surface area (TPSA) is 80.0 Å². The van der Waals surface area contributed by atoms with Crippen LogP contribution >= 0.6 is 0 Å². The minimum absolute atomic E-state index is 0.0238. The number of hydrogen-bond donors (Lipinski definition) is 1. The highest BCUT2D eigenvalue weighted by Crippen LogP contribution is 2.40. The molecule has 1 aromatic heterocycles. The fraction of sp³-hybridized carbons (Fsp3) is 0.217. The number of likely N-dealkylation sites (tertiary alicyclic amines) is 1. The molecule has 4 rings (SSSR count). The normalized spacial score (nSPS) is 18.7. The van der Waals surface area contributed by atoms with Gasteiger partial charge in [0.1, 0.15) is 23.3 Å². The van der Waals surface area contributed by atoms with E-state index in [0.717, 1.165) is 10.8 Å². The number of ketones is 1. The predicted octanol–water partition coefficient (Wildman–Crippen LogP) is 3.81. The van der Waals surface area contributed by atoms with Crippen molar-refractivity contribution >= 4 is 28.2 Å². The molecule has 1 atom stereocenters. The summed E-state index contributed by atoms with van der Waals surface area (Å²) in [5.74, 6) is -0.537. The standard InChI is InChI=1S/C23H21NO5/c1-14-7-10-18(29-14)20-19(22(26)23(27)24(20)11-12-28-2)21(25)17-9-8-15-5-3-4-6-16(15)13-17/h3-10,13,20,25H,11-12H2,1-2H3/b21-19-. The second kappa shape index (κ2) is 7.56. The van der Waals surface area contributed by atoms with Gasteiger partial charge in [0.05, 0.1) is 12.2 Å². The number of aliphatic hydroxyl groups excluding tert-OH is 1. The fourth-order valence-electron chi connectivity index (χ4n) is 3.69. The number of aryl methyl sites for hydroxylation is 1. The molecule has 1 aliphatic heterocycles. The van der Waals surface area contributed by atoms with Crippen molar-refractivity contribution in [2.75, 3.05) is 20.3 Å². The molecule has 0 aliphatic carbocycles. The number of aliphatic hydroxyl groups is 1. The first-order valence-corrected chi connectivity index (χ1v) is 9.34. The number of nitrogens with zero attached hydrogens (tertiary/aromatic N) is 1. The Bertz CT molecular complexity index is 1130. The number of rotatable bonds is 5. The van der Waals surface area contributed by atoms with Gasteiger partial charge in [-0.3, -0.25) is 9.59 Å². The highest BCUT2D eigenvalue weighted by molar-refractivity contribution is 6.46. The fourth-order valence-corrected chi connectivity index (χ4v) is 3.69. The Labute approximate surface area is 168 Å². The molecule has 29 heavy (non-hydrogen) atoms. The van der Waals surface area contributed by atoms with Crippen molar-refractivity contribution in [3.05, 3.63) is 77.3 Å². The van der Waals surface area contributed by atoms with Crippen LogP contribution in [0.1, 0.15) is 23.1 Å². The Kier molecular flexibility index (Phi) is 4.94. The molecule has 1 saturated heterocycles. The molecule has 1 aliphatic rings. The molecule has 0 bridgehead atoms. The lowest BCUT2D eigenvalue weighted by atomic mass is 9.98. The van der Waals surface area contributed by atoms with Crippen molar-refractivity contribution in [3.63, 3.8) is 0 Å². The number of carbonyl (C=O) groups is 2. The number of amides is 1. The number of benzene rings is 2. The highest BCUT2D eigenvalue weighted by Gasteiger charge is 2.47. The van der Waals surface area contributed by atoms with E-state index in [-0.39, 0.29) is 24.5 Å². The molecule has 6 nitrogen and oxygen atoms in total. The first-order valence-electron chi connectivity index (χ1n) is 9.34. The summed E-state index contributed by atoms with van der Waals surface area (Å²) in [4.78, 5) is 26.9. The van der Waals surface area contributed by atoms with Crippen LogP contribution in [0.2, 0.25) is 0 Å². The summed E-state index contributed by atoms with van der Waals surface area (Å²) < 4.78 is 10.8. The summed E-state index contributed by atoms with van der Waals surface area (Å²) in [7, 11) is 1.53. The molecular formula is C23H21NO5. The van der Waals surface area contributed by atoms with Crippen LogP contribution in [0.4, 0.5) is 0 Å². The van der Waals surface area contributed by atoms with Crippen LogP contribution in [0.25, 0.3) is 16.5 Å². The number of ether oxygens (including phenoxy) is 1. The van der Waals surface area contributed by atoms with Gasteiger partial charge in [-0.25, -0.2) is 0 Å². The van der Waals surface area contributed by atoms with Gasteiger partial charge < -0.3 is 19.2 Å². The van der Waals surface area contributed by atoms with Crippen LogP contribution in [0.5, 0.6) is 0 Å². The summed E-state index contributed by atoms with van der Waals surface area (Å²) in [5, 5.41) is 13.0. The van der Waals surface area contributed by atoms with E-state index in [1.165, 1.54) is 12.0 Å². The van der Waals surface area contributed by atoms with Crippen LogP contribution in [-0.4, -0.2) is 42.0 Å². The molecule has 0 radical (unpaired) electrons. The molecule has 1 amide bonds. The lowest BCUT2D eigenvalue weighted by Gasteiger charge is -2.22. The van der Waals surface area contributed by atoms with Crippen molar-refractivity contribution < 1.29 is 23.8 Å². The lowest BCUT2D eigenvalue weighted by molar-refractivity contribution is -0.140. The molecule has 6 heteroatoms. The first kappa shape index (κ1) is 19.0. The van der Waals surface area contributed by atoms with E-state index in [1.54, 1.807) is 31.2 Å². The molecule has 2 aromatic carbocycles. The van der Waals surface area contributed by atoms with E-state index in [1.807, 2.05) is 30.3 Å². The van der Waals surface area contributed by atoms with Gasteiger partial charge in [0.25, 0.3) is 11.7 Å². The number of fused-ring (bicyclic) bond motifs is 1. The van der Waals surface area contributed by atoms with Gasteiger partial charge in [0.2, 0.25) is 0 Å². The average molecular weight is 391 g/mol. The van der Waals surface area contributed by atoms with Crippen LogP contribution < -0.4 is 0 Å². The number of carbonyl (C=O) groups excluding carboxylic acids is 2. The second-order valence-electron chi connectivity index (χ2n) is 7.00. The summed E-state index contributed by atoms with van der Waals surface area (Å²) in [6, 6.07) is 15.8. The Morgan fingerprint density at radius 3 is 2.55 bits per heavy atom. The van der Waals surface area contributed by atoms with Crippen molar-refractivity contribution in [1.29, 1.82) is 0 Å². The zero-order valence-corrected chi connectivity index (χ0v) is 16.2. The average Bonchev–Trinajstić information content (AvgIpc) is 3.27. The highest BCUT2D eigenvalue weighted by atomic mass is 16.5. The molecule has 148 valence electrons. The van der Waals surface area contributed by atoms with E-state index in [4.69, 9.17) is 9.15 Å². The number of furan rings is 1. The zero-order chi connectivity index (χ0) is 20.5. The van der Waals surface area contributed by atoms with Gasteiger partial charge in [-0.05, 0) is 35.9 Å². The Morgan fingerprint density at radius 1 is 1.10 bits per heavy atom. The molecular weight excluding hydrogens is 370 g/mol. The summed E-state index contributed by atoms with van der Waals surface area (Å²) >= 11 is 0. The molecule has 1 unspecified atom stereocenters. The minimum atomic E-state index is -0.801. The van der Waals surface area contributed by atoms with Crippen LogP contribution in [0, 0.1) is 6.92 Å². The molecule has 2 heterocycles. The van der Waals surface area contributed by atoms with E-state index in [9.17, 15) is 14.7 Å². The Balaban J connectivity index is 1.86. The van der Waals surface area contributed by atoms with Gasteiger partial charge in [-0.1, -0.05) is 36.4 Å². The summed E-state index contributed by atoms with van der Waals surface area (Å²) in [6.45, 7) is 2.26. The number of methoxy groups -OCH3 is 1. The predicted molar refractivity (Wildman–Crippen MR) is 108 cm³/mol. The van der Waals surface area contributed by atoms with Crippen molar-refractivity contribution in [2.24, 2.45) is 0 Å². The molecule has 3 aromatic rings. The largest absolute Gasteiger partial charge is 0.507 e. The SMILES string of the molecule is COCCN1C(=O)C(=O)/C(=C(\O)c2ccc3ccccc3c2)C1c1ccc(C)o1. The number of Topliss-reactive ketones (excluding diaryl/α,β-unsaturated/α-hetero) is 1. The molecule has 1 fully saturated rings. The van der Waals surface area contributed by atoms with Gasteiger partial charge in [0, 0.05) is 19.2 Å².